The normalized spacial score (nSPS) is 11.5. The lowest BCUT2D eigenvalue weighted by Crippen LogP contribution is -1.95. The average molecular weight is 483 g/mol. The number of halogens is 1. The van der Waals surface area contributed by atoms with Gasteiger partial charge in [-0.1, -0.05) is 41.9 Å². The first-order valence-corrected chi connectivity index (χ1v) is 11.9. The quantitative estimate of drug-likeness (QED) is 0.239. The van der Waals surface area contributed by atoms with Crippen LogP contribution in [0.25, 0.3) is 38.8 Å². The van der Waals surface area contributed by atoms with Gasteiger partial charge in [0.2, 0.25) is 0 Å². The standard InChI is InChI=1S/C27H19ClN4OS/c1-2-33-24-13-12-18(15-22(24)28)26-20(17-32(31-26)21-8-4-3-5-9-21)14-19(16-29)27-30-23-10-6-7-11-25(23)34-27/h3-15,17H,2H2,1H3/b19-14-. The number of nitriles is 1. The molecule has 0 aliphatic heterocycles. The highest BCUT2D eigenvalue weighted by Gasteiger charge is 2.16. The van der Waals surface area contributed by atoms with E-state index in [-0.39, 0.29) is 0 Å². The fourth-order valence-corrected chi connectivity index (χ4v) is 4.80. The molecule has 0 N–H and O–H groups in total. The van der Waals surface area contributed by atoms with Crippen LogP contribution in [0.15, 0.2) is 79.0 Å². The number of aromatic nitrogens is 3. The minimum atomic E-state index is 0.479. The van der Waals surface area contributed by atoms with Crippen molar-refractivity contribution >= 4 is 44.8 Å². The monoisotopic (exact) mass is 482 g/mol. The van der Waals surface area contributed by atoms with Gasteiger partial charge >= 0.3 is 0 Å². The maximum absolute atomic E-state index is 9.97. The summed E-state index contributed by atoms with van der Waals surface area (Å²) in [6.07, 6.45) is 3.75. The second-order valence-corrected chi connectivity index (χ2v) is 8.89. The number of benzene rings is 3. The van der Waals surface area contributed by atoms with Crippen molar-refractivity contribution in [3.63, 3.8) is 0 Å². The molecular formula is C27H19ClN4OS. The van der Waals surface area contributed by atoms with Gasteiger partial charge < -0.3 is 4.74 Å². The van der Waals surface area contributed by atoms with Gasteiger partial charge in [-0.3, -0.25) is 0 Å². The van der Waals surface area contributed by atoms with Gasteiger partial charge in [0, 0.05) is 17.3 Å². The molecule has 0 saturated carbocycles. The lowest BCUT2D eigenvalue weighted by Gasteiger charge is -2.07. The lowest BCUT2D eigenvalue weighted by molar-refractivity contribution is 0.340. The van der Waals surface area contributed by atoms with Gasteiger partial charge in [-0.15, -0.1) is 11.3 Å². The van der Waals surface area contributed by atoms with Gasteiger partial charge in [-0.2, -0.15) is 10.4 Å². The van der Waals surface area contributed by atoms with Gasteiger partial charge in [0.25, 0.3) is 0 Å². The zero-order chi connectivity index (χ0) is 23.5. The molecule has 0 spiro atoms. The van der Waals surface area contributed by atoms with E-state index in [4.69, 9.17) is 21.4 Å². The molecule has 3 aromatic carbocycles. The van der Waals surface area contributed by atoms with Gasteiger partial charge in [0.05, 0.1) is 33.1 Å². The van der Waals surface area contributed by atoms with E-state index in [0.717, 1.165) is 27.0 Å². The Labute approximate surface area is 206 Å². The molecule has 0 aliphatic rings. The Hall–Kier alpha value is -3.92. The Morgan fingerprint density at radius 2 is 1.91 bits per heavy atom. The van der Waals surface area contributed by atoms with E-state index in [1.54, 1.807) is 4.68 Å². The number of allylic oxidation sites excluding steroid dienone is 1. The topological polar surface area (TPSA) is 63.7 Å². The van der Waals surface area contributed by atoms with E-state index in [9.17, 15) is 5.26 Å². The van der Waals surface area contributed by atoms with Gasteiger partial charge in [-0.05, 0) is 55.5 Å². The molecule has 0 aliphatic carbocycles. The van der Waals surface area contributed by atoms with E-state index >= 15 is 0 Å². The van der Waals surface area contributed by atoms with Crippen molar-refractivity contribution < 1.29 is 4.74 Å². The molecule has 0 amide bonds. The van der Waals surface area contributed by atoms with E-state index in [2.05, 4.69) is 11.1 Å². The van der Waals surface area contributed by atoms with Crippen LogP contribution in [-0.4, -0.2) is 21.4 Å². The van der Waals surface area contributed by atoms with Crippen LogP contribution in [0.1, 0.15) is 17.5 Å². The van der Waals surface area contributed by atoms with Crippen molar-refractivity contribution in [2.24, 2.45) is 0 Å². The van der Waals surface area contributed by atoms with Crippen molar-refractivity contribution in [2.45, 2.75) is 6.92 Å². The first-order chi connectivity index (χ1) is 16.7. The van der Waals surface area contributed by atoms with Crippen molar-refractivity contribution in [1.82, 2.24) is 14.8 Å². The number of para-hydroxylation sites is 2. The first kappa shape index (κ1) is 21.9. The van der Waals surface area contributed by atoms with Gasteiger partial charge in [-0.25, -0.2) is 9.67 Å². The summed E-state index contributed by atoms with van der Waals surface area (Å²) in [6, 6.07) is 25.6. The van der Waals surface area contributed by atoms with Crippen LogP contribution in [0.5, 0.6) is 5.75 Å². The van der Waals surface area contributed by atoms with Crippen LogP contribution in [0.3, 0.4) is 0 Å². The fourth-order valence-electron chi connectivity index (χ4n) is 3.64. The van der Waals surface area contributed by atoms with Crippen LogP contribution < -0.4 is 4.74 Å². The number of fused-ring (bicyclic) bond motifs is 1. The molecule has 2 aromatic heterocycles. The highest BCUT2D eigenvalue weighted by atomic mass is 35.5. The summed E-state index contributed by atoms with van der Waals surface area (Å²) >= 11 is 7.97. The molecule has 0 bridgehead atoms. The van der Waals surface area contributed by atoms with Crippen molar-refractivity contribution in [1.29, 1.82) is 5.26 Å². The zero-order valence-electron chi connectivity index (χ0n) is 18.3. The van der Waals surface area contributed by atoms with Crippen molar-refractivity contribution in [2.75, 3.05) is 6.61 Å². The number of rotatable bonds is 6. The molecule has 0 radical (unpaired) electrons. The smallest absolute Gasteiger partial charge is 0.137 e. The predicted octanol–water partition coefficient (Wildman–Crippen LogP) is 7.27. The summed E-state index contributed by atoms with van der Waals surface area (Å²) in [4.78, 5) is 4.66. The van der Waals surface area contributed by atoms with E-state index < -0.39 is 0 Å². The number of nitrogens with zero attached hydrogens (tertiary/aromatic N) is 4. The zero-order valence-corrected chi connectivity index (χ0v) is 19.8. The summed E-state index contributed by atoms with van der Waals surface area (Å²) in [5.74, 6) is 0.625. The number of hydrogen-bond acceptors (Lipinski definition) is 5. The van der Waals surface area contributed by atoms with Gasteiger partial charge in [0.15, 0.2) is 0 Å². The Bertz CT molecular complexity index is 1510. The third-order valence-electron chi connectivity index (χ3n) is 5.21. The maximum atomic E-state index is 9.97. The molecule has 2 heterocycles. The van der Waals surface area contributed by atoms with E-state index in [1.807, 2.05) is 92.0 Å². The minimum absolute atomic E-state index is 0.479. The van der Waals surface area contributed by atoms with Gasteiger partial charge in [0.1, 0.15) is 22.5 Å². The SMILES string of the molecule is CCOc1ccc(-c2nn(-c3ccccc3)cc2/C=C(/C#N)c2nc3ccccc3s2)cc1Cl. The van der Waals surface area contributed by atoms with Crippen LogP contribution in [-0.2, 0) is 0 Å². The molecule has 166 valence electrons. The molecule has 0 saturated heterocycles. The Morgan fingerprint density at radius 3 is 2.65 bits per heavy atom. The van der Waals surface area contributed by atoms with E-state index in [1.165, 1.54) is 11.3 Å². The first-order valence-electron chi connectivity index (χ1n) is 10.7. The van der Waals surface area contributed by atoms with Crippen molar-refractivity contribution in [3.05, 3.63) is 94.6 Å². The second-order valence-electron chi connectivity index (χ2n) is 7.45. The molecule has 0 fully saturated rings. The summed E-state index contributed by atoms with van der Waals surface area (Å²) < 4.78 is 8.42. The molecule has 0 unspecified atom stereocenters. The Balaban J connectivity index is 1.65. The highest BCUT2D eigenvalue weighted by Crippen LogP contribution is 2.34. The Morgan fingerprint density at radius 1 is 1.12 bits per heavy atom. The van der Waals surface area contributed by atoms with Crippen LogP contribution >= 0.6 is 22.9 Å². The third-order valence-corrected chi connectivity index (χ3v) is 6.58. The Kier molecular flexibility index (Phi) is 6.13. The number of ether oxygens (including phenoxy) is 1. The molecule has 5 nitrogen and oxygen atoms in total. The fraction of sp³-hybridized carbons (Fsp3) is 0.0741. The summed E-state index contributed by atoms with van der Waals surface area (Å²) in [5.41, 5.74) is 4.60. The molecule has 7 heteroatoms. The highest BCUT2D eigenvalue weighted by molar-refractivity contribution is 7.19. The third kappa shape index (κ3) is 4.32. The second kappa shape index (κ2) is 9.52. The minimum Gasteiger partial charge on any atom is -0.492 e. The van der Waals surface area contributed by atoms with Crippen molar-refractivity contribution in [3.8, 4) is 28.8 Å². The predicted molar refractivity (Wildman–Crippen MR) is 138 cm³/mol. The molecule has 0 atom stereocenters. The maximum Gasteiger partial charge on any atom is 0.137 e. The molecule has 5 rings (SSSR count). The molecule has 34 heavy (non-hydrogen) atoms. The summed E-state index contributed by atoms with van der Waals surface area (Å²) in [7, 11) is 0. The largest absolute Gasteiger partial charge is 0.492 e. The average Bonchev–Trinajstić information content (AvgIpc) is 3.49. The van der Waals surface area contributed by atoms with Crippen LogP contribution in [0.4, 0.5) is 0 Å². The summed E-state index contributed by atoms with van der Waals surface area (Å²) in [5, 5.41) is 16.0. The van der Waals surface area contributed by atoms with Crippen LogP contribution in [0.2, 0.25) is 5.02 Å². The number of thiazole rings is 1. The summed E-state index contributed by atoms with van der Waals surface area (Å²) in [6.45, 7) is 2.45. The lowest BCUT2D eigenvalue weighted by atomic mass is 10.1. The van der Waals surface area contributed by atoms with Crippen LogP contribution in [0, 0.1) is 11.3 Å². The molecular weight excluding hydrogens is 464 g/mol. The van der Waals surface area contributed by atoms with E-state index in [0.29, 0.717) is 33.7 Å². The molecule has 5 aromatic rings. The number of hydrogen-bond donors (Lipinski definition) is 0.